The molecule has 0 radical (unpaired) electrons. The summed E-state index contributed by atoms with van der Waals surface area (Å²) >= 11 is 0. The quantitative estimate of drug-likeness (QED) is 0.0169. The zero-order valence-corrected chi connectivity index (χ0v) is 65.5. The van der Waals surface area contributed by atoms with Gasteiger partial charge >= 0.3 is 39.5 Å². The largest absolute Gasteiger partial charge is 0.472 e. The van der Waals surface area contributed by atoms with Gasteiger partial charge < -0.3 is 33.8 Å². The predicted octanol–water partition coefficient (Wildman–Crippen LogP) is 22.9. The van der Waals surface area contributed by atoms with Crippen molar-refractivity contribution in [3.8, 4) is 0 Å². The molecule has 0 aliphatic rings. The lowest BCUT2D eigenvalue weighted by molar-refractivity contribution is -0.161. The van der Waals surface area contributed by atoms with Crippen LogP contribution in [-0.4, -0.2) is 96.7 Å². The van der Waals surface area contributed by atoms with Gasteiger partial charge in [-0.15, -0.1) is 0 Å². The zero-order valence-electron chi connectivity index (χ0n) is 63.7. The van der Waals surface area contributed by atoms with Gasteiger partial charge in [0, 0.05) is 25.7 Å². The number of unbranched alkanes of at least 4 members (excludes halogenated alkanes) is 25. The lowest BCUT2D eigenvalue weighted by Gasteiger charge is -2.21. The van der Waals surface area contributed by atoms with Gasteiger partial charge in [-0.3, -0.25) is 37.3 Å². The number of aliphatic hydroxyl groups excluding tert-OH is 1. The summed E-state index contributed by atoms with van der Waals surface area (Å²) in [6.45, 7) is 4.51. The first-order chi connectivity index (χ1) is 49.7. The fraction of sp³-hybridized carbons (Fsp3) is 0.687. The minimum Gasteiger partial charge on any atom is -0.462 e. The summed E-state index contributed by atoms with van der Waals surface area (Å²) in [5.41, 5.74) is 0. The second-order valence-electron chi connectivity index (χ2n) is 25.9. The molecule has 3 N–H and O–H groups in total. The van der Waals surface area contributed by atoms with E-state index >= 15 is 0 Å². The maximum absolute atomic E-state index is 13.1. The van der Waals surface area contributed by atoms with E-state index in [2.05, 4.69) is 131 Å². The lowest BCUT2D eigenvalue weighted by atomic mass is 10.0. The van der Waals surface area contributed by atoms with Gasteiger partial charge in [-0.1, -0.05) is 315 Å². The van der Waals surface area contributed by atoms with Gasteiger partial charge in [0.1, 0.15) is 19.3 Å². The van der Waals surface area contributed by atoms with Gasteiger partial charge in [-0.05, 0) is 103 Å². The van der Waals surface area contributed by atoms with E-state index in [1.807, 2.05) is 30.4 Å². The first-order valence-electron chi connectivity index (χ1n) is 39.4. The number of hydrogen-bond donors (Lipinski definition) is 3. The molecule has 0 spiro atoms. The summed E-state index contributed by atoms with van der Waals surface area (Å²) in [4.78, 5) is 72.9. The number of esters is 4. The molecule has 5 unspecified atom stereocenters. The Bertz CT molecular complexity index is 2460. The number of phosphoric ester groups is 2. The van der Waals surface area contributed by atoms with Crippen LogP contribution in [0.15, 0.2) is 134 Å². The van der Waals surface area contributed by atoms with E-state index in [1.165, 1.54) is 109 Å². The number of aliphatic hydroxyl groups is 1. The van der Waals surface area contributed by atoms with Crippen LogP contribution in [0, 0.1) is 0 Å². The maximum Gasteiger partial charge on any atom is 0.472 e. The monoisotopic (exact) mass is 1470 g/mol. The minimum absolute atomic E-state index is 0.00229. The fourth-order valence-corrected chi connectivity index (χ4v) is 11.8. The summed E-state index contributed by atoms with van der Waals surface area (Å²) < 4.78 is 68.4. The van der Waals surface area contributed by atoms with E-state index in [0.29, 0.717) is 38.5 Å². The van der Waals surface area contributed by atoms with Crippen molar-refractivity contribution in [2.75, 3.05) is 39.6 Å². The summed E-state index contributed by atoms with van der Waals surface area (Å²) in [7, 11) is -9.99. The number of rotatable bonds is 73. The van der Waals surface area contributed by atoms with Crippen LogP contribution < -0.4 is 0 Å². The molecule has 19 heteroatoms. The van der Waals surface area contributed by atoms with Gasteiger partial charge in [0.25, 0.3) is 0 Å². The van der Waals surface area contributed by atoms with Gasteiger partial charge in [-0.2, -0.15) is 0 Å². The average Bonchev–Trinajstić information content (AvgIpc) is 0.921. The van der Waals surface area contributed by atoms with E-state index < -0.39 is 97.5 Å². The molecule has 0 heterocycles. The van der Waals surface area contributed by atoms with Crippen LogP contribution in [0.5, 0.6) is 0 Å². The third-order valence-corrected chi connectivity index (χ3v) is 18.1. The smallest absolute Gasteiger partial charge is 0.462 e. The van der Waals surface area contributed by atoms with Crippen LogP contribution in [0.4, 0.5) is 0 Å². The molecule has 0 bridgehead atoms. The number of ether oxygens (including phenoxy) is 4. The summed E-state index contributed by atoms with van der Waals surface area (Å²) in [6, 6.07) is 0. The first kappa shape index (κ1) is 97.2. The van der Waals surface area contributed by atoms with Crippen molar-refractivity contribution in [2.24, 2.45) is 0 Å². The number of carbonyl (C=O) groups is 4. The summed E-state index contributed by atoms with van der Waals surface area (Å²) in [5.74, 6) is -2.33. The molecular formula is C83H140O17P2. The molecular weight excluding hydrogens is 1330 g/mol. The van der Waals surface area contributed by atoms with Crippen molar-refractivity contribution in [1.82, 2.24) is 0 Å². The fourth-order valence-electron chi connectivity index (χ4n) is 10.2. The van der Waals surface area contributed by atoms with Crippen LogP contribution >= 0.6 is 15.6 Å². The highest BCUT2D eigenvalue weighted by molar-refractivity contribution is 7.47. The average molecular weight is 1470 g/mol. The molecule has 0 saturated heterocycles. The molecule has 0 aromatic carbocycles. The Morgan fingerprint density at radius 1 is 0.284 bits per heavy atom. The predicted molar refractivity (Wildman–Crippen MR) is 418 cm³/mol. The second kappa shape index (κ2) is 74.5. The number of allylic oxidation sites excluding steroid dienone is 22. The Hall–Kier alpha value is -4.80. The number of carbonyl (C=O) groups excluding carboxylic acids is 4. The molecule has 0 rings (SSSR count). The van der Waals surface area contributed by atoms with Gasteiger partial charge in [-0.25, -0.2) is 9.13 Å². The van der Waals surface area contributed by atoms with E-state index in [9.17, 15) is 43.2 Å². The van der Waals surface area contributed by atoms with Crippen molar-refractivity contribution in [3.05, 3.63) is 134 Å². The molecule has 0 aromatic rings. The Morgan fingerprint density at radius 2 is 0.529 bits per heavy atom. The molecule has 584 valence electrons. The molecule has 0 aliphatic heterocycles. The van der Waals surface area contributed by atoms with Crippen LogP contribution in [0.25, 0.3) is 0 Å². The SMILES string of the molecule is CC/C=C\C/C=C\C/C=C\C/C=C\C/C=C\C/C=C\CCC(=O)OCC(COP(=O)(O)OCC(O)COP(=O)(O)OCC(COC(=O)CCCCCCCCCCCCCCCCC)OC(=O)CCCCCCCCCCCCC)OC(=O)CCC/C=C\C/C=C\C/C=C\C/C=C\C/C=C\CC. The van der Waals surface area contributed by atoms with Gasteiger partial charge in [0.05, 0.1) is 26.4 Å². The highest BCUT2D eigenvalue weighted by Crippen LogP contribution is 2.45. The van der Waals surface area contributed by atoms with E-state index in [-0.39, 0.29) is 25.7 Å². The standard InChI is InChI=1S/C83H140O17P2/c1-5-9-13-17-21-25-29-32-35-37-38-40-42-45-49-52-56-60-64-68-81(86)94-74-79(100-83(88)70-66-62-58-54-50-46-43-39-36-33-30-26-22-18-14-10-6-2)76-98-102(91,92)96-72-77(84)71-95-101(89,90)97-75-78(99-82(87)69-65-61-57-53-47-28-24-20-16-12-8-4)73-93-80(85)67-63-59-55-51-48-44-41-34-31-27-23-19-15-11-7-3/h9-10,13-14,21-22,25-26,32-33,35-36,38,40,43,45-46,49,54,56,58,60,77-79,84H,5-8,11-12,15-20,23-24,27-31,34,37,39,41-42,44,47-48,50-53,55,57,59,61-76H2,1-4H3,(H,89,90)(H,91,92)/b13-9-,14-10-,25-21-,26-22-,35-32-,36-33-,40-38-,46-43-,49-45-,58-54-,60-56-. The molecule has 102 heavy (non-hydrogen) atoms. The van der Waals surface area contributed by atoms with Crippen molar-refractivity contribution in [2.45, 2.75) is 329 Å². The van der Waals surface area contributed by atoms with E-state index in [4.69, 9.17) is 37.0 Å². The van der Waals surface area contributed by atoms with E-state index in [0.717, 1.165) is 109 Å². The Kier molecular flexibility index (Phi) is 71.0. The molecule has 5 atom stereocenters. The van der Waals surface area contributed by atoms with Crippen molar-refractivity contribution in [3.63, 3.8) is 0 Å². The third-order valence-electron chi connectivity index (χ3n) is 16.2. The molecule has 0 fully saturated rings. The highest BCUT2D eigenvalue weighted by Gasteiger charge is 2.30. The van der Waals surface area contributed by atoms with Gasteiger partial charge in [0.15, 0.2) is 12.2 Å². The number of phosphoric acid groups is 2. The van der Waals surface area contributed by atoms with Crippen LogP contribution in [0.3, 0.4) is 0 Å². The molecule has 0 saturated carbocycles. The molecule has 0 amide bonds. The van der Waals surface area contributed by atoms with Crippen LogP contribution in [-0.2, 0) is 65.4 Å². The third kappa shape index (κ3) is 73.5. The minimum atomic E-state index is -5.01. The molecule has 0 aromatic heterocycles. The highest BCUT2D eigenvalue weighted by atomic mass is 31.2. The summed E-state index contributed by atoms with van der Waals surface area (Å²) in [6.07, 6.45) is 83.2. The van der Waals surface area contributed by atoms with Crippen molar-refractivity contribution >= 4 is 39.5 Å². The summed E-state index contributed by atoms with van der Waals surface area (Å²) in [5, 5.41) is 10.6. The van der Waals surface area contributed by atoms with E-state index in [1.54, 1.807) is 0 Å². The maximum atomic E-state index is 13.1. The number of hydrogen-bond acceptors (Lipinski definition) is 15. The Labute approximate surface area is 618 Å². The van der Waals surface area contributed by atoms with Crippen molar-refractivity contribution < 1.29 is 80.2 Å². The zero-order chi connectivity index (χ0) is 74.6. The molecule has 17 nitrogen and oxygen atoms in total. The van der Waals surface area contributed by atoms with Crippen molar-refractivity contribution in [1.29, 1.82) is 0 Å². The van der Waals surface area contributed by atoms with Crippen LogP contribution in [0.1, 0.15) is 310 Å². The molecule has 0 aliphatic carbocycles. The normalized spacial score (nSPS) is 14.6. The topological polar surface area (TPSA) is 237 Å². The second-order valence-corrected chi connectivity index (χ2v) is 28.8. The van der Waals surface area contributed by atoms with Gasteiger partial charge in [0.2, 0.25) is 0 Å². The Morgan fingerprint density at radius 3 is 0.843 bits per heavy atom. The van der Waals surface area contributed by atoms with Crippen LogP contribution in [0.2, 0.25) is 0 Å². The lowest BCUT2D eigenvalue weighted by Crippen LogP contribution is -2.30. The Balaban J connectivity index is 5.45. The first-order valence-corrected chi connectivity index (χ1v) is 42.4.